The lowest BCUT2D eigenvalue weighted by Gasteiger charge is -2.16. The Morgan fingerprint density at radius 1 is 1.50 bits per heavy atom. The second kappa shape index (κ2) is 5.23. The minimum absolute atomic E-state index is 0.295. The molecule has 0 aliphatic carbocycles. The molecule has 2 rings (SSSR count). The van der Waals surface area contributed by atoms with Gasteiger partial charge in [0.25, 0.3) is 0 Å². The summed E-state index contributed by atoms with van der Waals surface area (Å²) in [4.78, 5) is 4.33. The second-order valence-electron chi connectivity index (χ2n) is 3.62. The van der Waals surface area contributed by atoms with E-state index >= 15 is 0 Å². The van der Waals surface area contributed by atoms with Crippen molar-refractivity contribution in [2.45, 2.75) is 19.4 Å². The molecule has 1 N–H and O–H groups in total. The van der Waals surface area contributed by atoms with Crippen LogP contribution in [0.15, 0.2) is 23.8 Å². The molecule has 5 heteroatoms. The predicted molar refractivity (Wildman–Crippen MR) is 65.4 cm³/mol. The van der Waals surface area contributed by atoms with Crippen molar-refractivity contribution in [2.24, 2.45) is 7.05 Å². The zero-order chi connectivity index (χ0) is 11.4. The third-order valence-electron chi connectivity index (χ3n) is 2.53. The minimum Gasteiger partial charge on any atom is -0.309 e. The predicted octanol–water partition coefficient (Wildman–Crippen LogP) is 1.77. The number of hydrogen-bond donors (Lipinski definition) is 1. The van der Waals surface area contributed by atoms with Gasteiger partial charge in [0.05, 0.1) is 16.7 Å². The van der Waals surface area contributed by atoms with E-state index in [4.69, 9.17) is 0 Å². The van der Waals surface area contributed by atoms with Crippen LogP contribution in [0.2, 0.25) is 0 Å². The van der Waals surface area contributed by atoms with Crippen molar-refractivity contribution < 1.29 is 0 Å². The Balaban J connectivity index is 2.14. The first-order chi connectivity index (χ1) is 7.81. The van der Waals surface area contributed by atoms with Crippen molar-refractivity contribution in [1.82, 2.24) is 20.1 Å². The highest BCUT2D eigenvalue weighted by Gasteiger charge is 2.15. The van der Waals surface area contributed by atoms with Crippen LogP contribution in [-0.4, -0.2) is 21.3 Å². The van der Waals surface area contributed by atoms with E-state index in [0.29, 0.717) is 6.04 Å². The largest absolute Gasteiger partial charge is 0.309 e. The van der Waals surface area contributed by atoms with Crippen LogP contribution in [0.3, 0.4) is 0 Å². The molecule has 0 spiro atoms. The standard InChI is InChI=1S/C11H16N4S/c1-3-12-9(8-11-13-6-7-16-11)10-4-5-14-15(10)2/h4-7,9,12H,3,8H2,1-2H3. The minimum atomic E-state index is 0.295. The van der Waals surface area contributed by atoms with Crippen LogP contribution in [-0.2, 0) is 13.5 Å². The molecule has 0 radical (unpaired) electrons. The summed E-state index contributed by atoms with van der Waals surface area (Å²) in [6.45, 7) is 3.06. The molecular formula is C11H16N4S. The lowest BCUT2D eigenvalue weighted by atomic mass is 10.1. The number of likely N-dealkylation sites (N-methyl/N-ethyl adjacent to an activating group) is 1. The van der Waals surface area contributed by atoms with Crippen molar-refractivity contribution in [3.8, 4) is 0 Å². The quantitative estimate of drug-likeness (QED) is 0.860. The number of thiazole rings is 1. The average Bonchev–Trinajstić information content (AvgIpc) is 2.88. The summed E-state index contributed by atoms with van der Waals surface area (Å²) in [7, 11) is 1.97. The fraction of sp³-hybridized carbons (Fsp3) is 0.455. The molecule has 0 bridgehead atoms. The van der Waals surface area contributed by atoms with Gasteiger partial charge in [-0.2, -0.15) is 5.10 Å². The summed E-state index contributed by atoms with van der Waals surface area (Å²) in [5.41, 5.74) is 1.21. The van der Waals surface area contributed by atoms with E-state index in [2.05, 4.69) is 28.4 Å². The lowest BCUT2D eigenvalue weighted by molar-refractivity contribution is 0.507. The van der Waals surface area contributed by atoms with Crippen molar-refractivity contribution in [1.29, 1.82) is 0 Å². The maximum Gasteiger partial charge on any atom is 0.0944 e. The molecule has 2 aromatic rings. The third-order valence-corrected chi connectivity index (χ3v) is 3.33. The topological polar surface area (TPSA) is 42.7 Å². The van der Waals surface area contributed by atoms with E-state index in [1.54, 1.807) is 11.3 Å². The lowest BCUT2D eigenvalue weighted by Crippen LogP contribution is -2.25. The summed E-state index contributed by atoms with van der Waals surface area (Å²) in [6, 6.07) is 2.35. The zero-order valence-corrected chi connectivity index (χ0v) is 10.4. The summed E-state index contributed by atoms with van der Waals surface area (Å²) in [5.74, 6) is 0. The Labute approximate surface area is 99.3 Å². The molecule has 4 nitrogen and oxygen atoms in total. The molecule has 2 aromatic heterocycles. The van der Waals surface area contributed by atoms with E-state index in [1.165, 1.54) is 5.69 Å². The summed E-state index contributed by atoms with van der Waals surface area (Å²) in [5, 5.41) is 10.9. The van der Waals surface area contributed by atoms with Crippen LogP contribution in [0.25, 0.3) is 0 Å². The molecule has 86 valence electrons. The van der Waals surface area contributed by atoms with Gasteiger partial charge < -0.3 is 5.32 Å². The maximum absolute atomic E-state index is 4.33. The molecule has 0 aliphatic heterocycles. The SMILES string of the molecule is CCNC(Cc1nccs1)c1ccnn1C. The Morgan fingerprint density at radius 2 is 2.38 bits per heavy atom. The Kier molecular flexibility index (Phi) is 3.69. The molecule has 1 atom stereocenters. The zero-order valence-electron chi connectivity index (χ0n) is 9.55. The first-order valence-electron chi connectivity index (χ1n) is 5.41. The summed E-state index contributed by atoms with van der Waals surface area (Å²) >= 11 is 1.70. The van der Waals surface area contributed by atoms with E-state index in [0.717, 1.165) is 18.0 Å². The monoisotopic (exact) mass is 236 g/mol. The van der Waals surface area contributed by atoms with E-state index in [1.807, 2.05) is 29.5 Å². The van der Waals surface area contributed by atoms with Crippen LogP contribution in [0.4, 0.5) is 0 Å². The van der Waals surface area contributed by atoms with Gasteiger partial charge in [0.2, 0.25) is 0 Å². The second-order valence-corrected chi connectivity index (χ2v) is 4.60. The first-order valence-corrected chi connectivity index (χ1v) is 6.29. The van der Waals surface area contributed by atoms with E-state index < -0.39 is 0 Å². The molecular weight excluding hydrogens is 220 g/mol. The van der Waals surface area contributed by atoms with Gasteiger partial charge in [-0.25, -0.2) is 4.98 Å². The van der Waals surface area contributed by atoms with E-state index in [-0.39, 0.29) is 0 Å². The van der Waals surface area contributed by atoms with E-state index in [9.17, 15) is 0 Å². The molecule has 2 heterocycles. The fourth-order valence-corrected chi connectivity index (χ4v) is 2.45. The third kappa shape index (κ3) is 2.48. The van der Waals surface area contributed by atoms with Gasteiger partial charge in [-0.05, 0) is 12.6 Å². The van der Waals surface area contributed by atoms with Crippen molar-refractivity contribution in [3.05, 3.63) is 34.5 Å². The fourth-order valence-electron chi connectivity index (χ4n) is 1.78. The van der Waals surface area contributed by atoms with Crippen molar-refractivity contribution in [3.63, 3.8) is 0 Å². The van der Waals surface area contributed by atoms with Gasteiger partial charge in [0.15, 0.2) is 0 Å². The molecule has 0 saturated carbocycles. The summed E-state index contributed by atoms with van der Waals surface area (Å²) < 4.78 is 1.92. The van der Waals surface area contributed by atoms with Crippen molar-refractivity contribution >= 4 is 11.3 Å². The normalized spacial score (nSPS) is 12.9. The Hall–Kier alpha value is -1.20. The van der Waals surface area contributed by atoms with Gasteiger partial charge in [0, 0.05) is 31.2 Å². The highest BCUT2D eigenvalue weighted by Crippen LogP contribution is 2.18. The molecule has 0 amide bonds. The Morgan fingerprint density at radius 3 is 2.94 bits per heavy atom. The number of nitrogens with one attached hydrogen (secondary N) is 1. The average molecular weight is 236 g/mol. The number of hydrogen-bond acceptors (Lipinski definition) is 4. The molecule has 16 heavy (non-hydrogen) atoms. The van der Waals surface area contributed by atoms with Gasteiger partial charge >= 0.3 is 0 Å². The van der Waals surface area contributed by atoms with Gasteiger partial charge in [-0.15, -0.1) is 11.3 Å². The highest BCUT2D eigenvalue weighted by atomic mass is 32.1. The van der Waals surface area contributed by atoms with Crippen LogP contribution >= 0.6 is 11.3 Å². The van der Waals surface area contributed by atoms with Crippen LogP contribution < -0.4 is 5.32 Å². The van der Waals surface area contributed by atoms with Crippen LogP contribution in [0, 0.1) is 0 Å². The molecule has 0 aliphatic rings. The molecule has 1 unspecified atom stereocenters. The smallest absolute Gasteiger partial charge is 0.0944 e. The molecule has 0 saturated heterocycles. The summed E-state index contributed by atoms with van der Waals surface area (Å²) in [6.07, 6.45) is 4.61. The van der Waals surface area contributed by atoms with Gasteiger partial charge in [-0.3, -0.25) is 4.68 Å². The van der Waals surface area contributed by atoms with Crippen molar-refractivity contribution in [2.75, 3.05) is 6.54 Å². The maximum atomic E-state index is 4.33. The highest BCUT2D eigenvalue weighted by molar-refractivity contribution is 7.09. The van der Waals surface area contributed by atoms with Crippen LogP contribution in [0.5, 0.6) is 0 Å². The van der Waals surface area contributed by atoms with Crippen LogP contribution in [0.1, 0.15) is 23.7 Å². The van der Waals surface area contributed by atoms with Gasteiger partial charge in [-0.1, -0.05) is 6.92 Å². The number of nitrogens with zero attached hydrogens (tertiary/aromatic N) is 3. The first kappa shape index (κ1) is 11.3. The van der Waals surface area contributed by atoms with Gasteiger partial charge in [0.1, 0.15) is 0 Å². The molecule has 0 fully saturated rings. The number of aromatic nitrogens is 3. The number of aryl methyl sites for hydroxylation is 1. The Bertz CT molecular complexity index is 421. The number of rotatable bonds is 5. The molecule has 0 aromatic carbocycles.